The molecule has 0 aliphatic rings. The van der Waals surface area contributed by atoms with Gasteiger partial charge in [-0.2, -0.15) is 0 Å². The van der Waals surface area contributed by atoms with Crippen LogP contribution in [0.25, 0.3) is 0 Å². The molecule has 0 saturated carbocycles. The summed E-state index contributed by atoms with van der Waals surface area (Å²) in [6.07, 6.45) is 0.695. The molecule has 1 N–H and O–H groups in total. The van der Waals surface area contributed by atoms with E-state index in [1.807, 2.05) is 13.8 Å². The van der Waals surface area contributed by atoms with Crippen molar-refractivity contribution in [2.45, 2.75) is 25.8 Å². The van der Waals surface area contributed by atoms with Crippen LogP contribution in [0.1, 0.15) is 30.6 Å². The first-order chi connectivity index (χ1) is 8.45. The van der Waals surface area contributed by atoms with Crippen molar-refractivity contribution < 1.29 is 13.9 Å². The Morgan fingerprint density at radius 3 is 2.67 bits per heavy atom. The summed E-state index contributed by atoms with van der Waals surface area (Å²) >= 11 is 5.81. The summed E-state index contributed by atoms with van der Waals surface area (Å²) in [7, 11) is 1.37. The first kappa shape index (κ1) is 14.8. The fraction of sp³-hybridized carbons (Fsp3) is 0.462. The number of alkyl halides is 1. The Hall–Kier alpha value is -1.29. The molecule has 0 aromatic heterocycles. The van der Waals surface area contributed by atoms with Gasteiger partial charge in [0.15, 0.2) is 11.6 Å². The molecule has 0 heterocycles. The highest BCUT2D eigenvalue weighted by Gasteiger charge is 2.24. The highest BCUT2D eigenvalue weighted by atomic mass is 35.5. The van der Waals surface area contributed by atoms with Crippen LogP contribution in [0.4, 0.5) is 4.39 Å². The maximum atomic E-state index is 13.5. The van der Waals surface area contributed by atoms with Gasteiger partial charge in [-0.15, -0.1) is 11.6 Å². The highest BCUT2D eigenvalue weighted by molar-refractivity contribution is 6.18. The normalized spacial score (nSPS) is 13.8. The van der Waals surface area contributed by atoms with Gasteiger partial charge in [0.1, 0.15) is 0 Å². The number of benzene rings is 1. The minimum absolute atomic E-state index is 0.113. The fourth-order valence-corrected chi connectivity index (χ4v) is 1.63. The first-order valence-electron chi connectivity index (χ1n) is 5.67. The molecule has 0 aliphatic carbocycles. The van der Waals surface area contributed by atoms with Crippen molar-refractivity contribution in [1.29, 1.82) is 0 Å². The maximum Gasteiger partial charge on any atom is 0.251 e. The number of halogens is 2. The largest absolute Gasteiger partial charge is 0.494 e. The van der Waals surface area contributed by atoms with Gasteiger partial charge in [-0.3, -0.25) is 4.79 Å². The lowest BCUT2D eigenvalue weighted by molar-refractivity contribution is 0.0912. The zero-order valence-corrected chi connectivity index (χ0v) is 11.5. The molecule has 1 amide bonds. The Morgan fingerprint density at radius 2 is 2.22 bits per heavy atom. The van der Waals surface area contributed by atoms with Gasteiger partial charge >= 0.3 is 0 Å². The van der Waals surface area contributed by atoms with Crippen LogP contribution in [0.2, 0.25) is 0 Å². The lowest BCUT2D eigenvalue weighted by Gasteiger charge is -2.27. The summed E-state index contributed by atoms with van der Waals surface area (Å²) in [5, 5.41) is 2.80. The average molecular weight is 274 g/mol. The molecule has 1 atom stereocenters. The molecule has 0 saturated heterocycles. The molecule has 18 heavy (non-hydrogen) atoms. The molecule has 100 valence electrons. The summed E-state index contributed by atoms with van der Waals surface area (Å²) in [4.78, 5) is 12.0. The third kappa shape index (κ3) is 3.35. The van der Waals surface area contributed by atoms with Crippen LogP contribution in [0.15, 0.2) is 18.2 Å². The van der Waals surface area contributed by atoms with Gasteiger partial charge in [0.25, 0.3) is 5.91 Å². The molecule has 3 nitrogen and oxygen atoms in total. The van der Waals surface area contributed by atoms with E-state index < -0.39 is 11.4 Å². The SMILES string of the molecule is CCC(C)(CCl)NC(=O)c1ccc(OC)c(F)c1. The second-order valence-corrected chi connectivity index (χ2v) is 4.62. The van der Waals surface area contributed by atoms with Gasteiger partial charge in [-0.25, -0.2) is 4.39 Å². The van der Waals surface area contributed by atoms with E-state index in [2.05, 4.69) is 5.32 Å². The Balaban J connectivity index is 2.88. The number of hydrogen-bond donors (Lipinski definition) is 1. The van der Waals surface area contributed by atoms with E-state index in [-0.39, 0.29) is 17.2 Å². The molecule has 0 radical (unpaired) electrons. The number of carbonyl (C=O) groups is 1. The van der Waals surface area contributed by atoms with E-state index in [1.165, 1.54) is 19.2 Å². The molecular weight excluding hydrogens is 257 g/mol. The van der Waals surface area contributed by atoms with E-state index in [1.54, 1.807) is 0 Å². The van der Waals surface area contributed by atoms with Crippen LogP contribution in [0, 0.1) is 5.82 Å². The number of rotatable bonds is 5. The third-order valence-corrected chi connectivity index (χ3v) is 3.49. The number of methoxy groups -OCH3 is 1. The van der Waals surface area contributed by atoms with Crippen molar-refractivity contribution in [2.24, 2.45) is 0 Å². The van der Waals surface area contributed by atoms with Crippen molar-refractivity contribution in [3.63, 3.8) is 0 Å². The Morgan fingerprint density at radius 1 is 1.56 bits per heavy atom. The molecular formula is C13H17ClFNO2. The van der Waals surface area contributed by atoms with Gasteiger partial charge in [-0.05, 0) is 31.5 Å². The van der Waals surface area contributed by atoms with Crippen LogP contribution in [0.5, 0.6) is 5.75 Å². The minimum Gasteiger partial charge on any atom is -0.494 e. The molecule has 0 aliphatic heterocycles. The van der Waals surface area contributed by atoms with Crippen molar-refractivity contribution in [1.82, 2.24) is 5.32 Å². The minimum atomic E-state index is -0.561. The number of ether oxygens (including phenoxy) is 1. The quantitative estimate of drug-likeness (QED) is 0.838. The van der Waals surface area contributed by atoms with Crippen LogP contribution >= 0.6 is 11.6 Å². The summed E-state index contributed by atoms with van der Waals surface area (Å²) in [5.41, 5.74) is -0.243. The van der Waals surface area contributed by atoms with Crippen LogP contribution in [-0.4, -0.2) is 24.4 Å². The van der Waals surface area contributed by atoms with Crippen LogP contribution in [-0.2, 0) is 0 Å². The molecule has 1 aromatic rings. The van der Waals surface area contributed by atoms with Crippen molar-refractivity contribution in [2.75, 3.05) is 13.0 Å². The zero-order chi connectivity index (χ0) is 13.8. The van der Waals surface area contributed by atoms with Gasteiger partial charge in [0.2, 0.25) is 0 Å². The predicted octanol–water partition coefficient (Wildman–Crippen LogP) is 2.97. The van der Waals surface area contributed by atoms with E-state index in [4.69, 9.17) is 16.3 Å². The zero-order valence-electron chi connectivity index (χ0n) is 10.7. The lowest BCUT2D eigenvalue weighted by Crippen LogP contribution is -2.47. The Labute approximate surface area is 111 Å². The summed E-state index contributed by atoms with van der Waals surface area (Å²) < 4.78 is 18.3. The van der Waals surface area contributed by atoms with E-state index in [0.29, 0.717) is 12.3 Å². The second kappa shape index (κ2) is 6.05. The number of amides is 1. The second-order valence-electron chi connectivity index (χ2n) is 4.35. The fourth-order valence-electron chi connectivity index (χ4n) is 1.37. The number of carbonyl (C=O) groups excluding carboxylic acids is 1. The lowest BCUT2D eigenvalue weighted by atomic mass is 10.0. The molecule has 5 heteroatoms. The average Bonchev–Trinajstić information content (AvgIpc) is 2.38. The molecule has 0 fully saturated rings. The molecule has 1 unspecified atom stereocenters. The van der Waals surface area contributed by atoms with Gasteiger partial charge < -0.3 is 10.1 Å². The van der Waals surface area contributed by atoms with Crippen molar-refractivity contribution >= 4 is 17.5 Å². The number of hydrogen-bond acceptors (Lipinski definition) is 2. The van der Waals surface area contributed by atoms with Gasteiger partial charge in [-0.1, -0.05) is 6.92 Å². The van der Waals surface area contributed by atoms with E-state index >= 15 is 0 Å². The van der Waals surface area contributed by atoms with E-state index in [0.717, 1.165) is 6.07 Å². The number of nitrogens with one attached hydrogen (secondary N) is 1. The first-order valence-corrected chi connectivity index (χ1v) is 6.21. The molecule has 0 spiro atoms. The van der Waals surface area contributed by atoms with Crippen LogP contribution < -0.4 is 10.1 Å². The topological polar surface area (TPSA) is 38.3 Å². The van der Waals surface area contributed by atoms with Gasteiger partial charge in [0.05, 0.1) is 12.6 Å². The summed E-state index contributed by atoms with van der Waals surface area (Å²) in [5.74, 6) is -0.494. The standard InChI is InChI=1S/C13H17ClFNO2/c1-4-13(2,8-14)16-12(17)9-5-6-11(18-3)10(15)7-9/h5-7H,4,8H2,1-3H3,(H,16,17). The molecule has 0 bridgehead atoms. The van der Waals surface area contributed by atoms with E-state index in [9.17, 15) is 9.18 Å². The third-order valence-electron chi connectivity index (χ3n) is 2.90. The monoisotopic (exact) mass is 273 g/mol. The molecule has 1 rings (SSSR count). The Bertz CT molecular complexity index is 433. The van der Waals surface area contributed by atoms with Crippen molar-refractivity contribution in [3.8, 4) is 5.75 Å². The van der Waals surface area contributed by atoms with Crippen molar-refractivity contribution in [3.05, 3.63) is 29.6 Å². The maximum absolute atomic E-state index is 13.5. The highest BCUT2D eigenvalue weighted by Crippen LogP contribution is 2.19. The summed E-state index contributed by atoms with van der Waals surface area (Å²) in [6, 6.07) is 4.09. The van der Waals surface area contributed by atoms with Gasteiger partial charge in [0, 0.05) is 11.4 Å². The predicted molar refractivity (Wildman–Crippen MR) is 69.8 cm³/mol. The summed E-state index contributed by atoms with van der Waals surface area (Å²) in [6.45, 7) is 3.77. The molecule has 1 aromatic carbocycles. The Kier molecular flexibility index (Phi) is 4.96. The van der Waals surface area contributed by atoms with Crippen LogP contribution in [0.3, 0.4) is 0 Å². The smallest absolute Gasteiger partial charge is 0.251 e.